The van der Waals surface area contributed by atoms with E-state index in [4.69, 9.17) is 10.5 Å². The SMILES string of the molecule is CN(CCNC(=O)C1(N)CCOC1)C1CCCC1. The minimum Gasteiger partial charge on any atom is -0.379 e. The van der Waals surface area contributed by atoms with Crippen molar-refractivity contribution in [1.29, 1.82) is 0 Å². The number of nitrogens with one attached hydrogen (secondary N) is 1. The molecule has 0 bridgehead atoms. The zero-order valence-electron chi connectivity index (χ0n) is 11.3. The maximum absolute atomic E-state index is 11.9. The highest BCUT2D eigenvalue weighted by atomic mass is 16.5. The Morgan fingerprint density at radius 2 is 2.22 bits per heavy atom. The molecule has 1 amide bonds. The van der Waals surface area contributed by atoms with E-state index < -0.39 is 5.54 Å². The maximum Gasteiger partial charge on any atom is 0.242 e. The number of hydrogen-bond donors (Lipinski definition) is 2. The van der Waals surface area contributed by atoms with Gasteiger partial charge in [0.05, 0.1) is 6.61 Å². The third-order valence-corrected chi connectivity index (χ3v) is 4.20. The Kier molecular flexibility index (Phi) is 4.59. The van der Waals surface area contributed by atoms with Gasteiger partial charge in [0, 0.05) is 25.7 Å². The van der Waals surface area contributed by atoms with Crippen LogP contribution in [0.3, 0.4) is 0 Å². The quantitative estimate of drug-likeness (QED) is 0.731. The molecule has 1 saturated carbocycles. The van der Waals surface area contributed by atoms with Crippen LogP contribution in [0.1, 0.15) is 32.1 Å². The van der Waals surface area contributed by atoms with Gasteiger partial charge in [0.25, 0.3) is 0 Å². The lowest BCUT2D eigenvalue weighted by Gasteiger charge is -2.25. The molecule has 18 heavy (non-hydrogen) atoms. The Morgan fingerprint density at radius 3 is 2.83 bits per heavy atom. The molecule has 5 heteroatoms. The van der Waals surface area contributed by atoms with Crippen LogP contribution in [0.25, 0.3) is 0 Å². The van der Waals surface area contributed by atoms with Crippen LogP contribution in [0.5, 0.6) is 0 Å². The van der Waals surface area contributed by atoms with Crippen molar-refractivity contribution in [2.45, 2.75) is 43.7 Å². The van der Waals surface area contributed by atoms with E-state index in [1.807, 2.05) is 0 Å². The van der Waals surface area contributed by atoms with Crippen LogP contribution in [0.15, 0.2) is 0 Å². The largest absolute Gasteiger partial charge is 0.379 e. The number of nitrogens with zero attached hydrogens (tertiary/aromatic N) is 1. The topological polar surface area (TPSA) is 67.6 Å². The first-order valence-corrected chi connectivity index (χ1v) is 6.97. The van der Waals surface area contributed by atoms with Crippen molar-refractivity contribution in [3.63, 3.8) is 0 Å². The summed E-state index contributed by atoms with van der Waals surface area (Å²) in [7, 11) is 2.14. The zero-order chi connectivity index (χ0) is 13.0. The first-order valence-electron chi connectivity index (χ1n) is 6.97. The molecule has 0 radical (unpaired) electrons. The summed E-state index contributed by atoms with van der Waals surface area (Å²) >= 11 is 0. The molecule has 0 aromatic rings. The molecule has 1 saturated heterocycles. The third kappa shape index (κ3) is 3.22. The Balaban J connectivity index is 1.66. The summed E-state index contributed by atoms with van der Waals surface area (Å²) in [5, 5.41) is 2.93. The van der Waals surface area contributed by atoms with Gasteiger partial charge in [-0.05, 0) is 26.3 Å². The summed E-state index contributed by atoms with van der Waals surface area (Å²) in [6.45, 7) is 2.50. The van der Waals surface area contributed by atoms with E-state index in [1.165, 1.54) is 25.7 Å². The average molecular weight is 255 g/mol. The second kappa shape index (κ2) is 5.99. The van der Waals surface area contributed by atoms with Crippen LogP contribution in [-0.2, 0) is 9.53 Å². The first-order chi connectivity index (χ1) is 8.62. The molecular weight excluding hydrogens is 230 g/mol. The van der Waals surface area contributed by atoms with E-state index in [-0.39, 0.29) is 5.91 Å². The summed E-state index contributed by atoms with van der Waals surface area (Å²) in [4.78, 5) is 14.3. The molecule has 1 atom stereocenters. The Hall–Kier alpha value is -0.650. The van der Waals surface area contributed by atoms with Gasteiger partial charge in [-0.15, -0.1) is 0 Å². The van der Waals surface area contributed by atoms with Crippen LogP contribution in [0.4, 0.5) is 0 Å². The molecule has 0 aromatic heterocycles. The lowest BCUT2D eigenvalue weighted by Crippen LogP contribution is -2.55. The number of carbonyl (C=O) groups excluding carboxylic acids is 1. The maximum atomic E-state index is 11.9. The van der Waals surface area contributed by atoms with Crippen molar-refractivity contribution >= 4 is 5.91 Å². The van der Waals surface area contributed by atoms with Crippen LogP contribution in [0.2, 0.25) is 0 Å². The molecule has 2 fully saturated rings. The molecule has 3 N–H and O–H groups in total. The average Bonchev–Trinajstić information content (AvgIpc) is 3.00. The summed E-state index contributed by atoms with van der Waals surface area (Å²) in [5.41, 5.74) is 5.19. The number of hydrogen-bond acceptors (Lipinski definition) is 4. The van der Waals surface area contributed by atoms with Crippen molar-refractivity contribution in [2.24, 2.45) is 5.73 Å². The van der Waals surface area contributed by atoms with Crippen molar-refractivity contribution in [3.8, 4) is 0 Å². The van der Waals surface area contributed by atoms with E-state index in [0.717, 1.165) is 6.54 Å². The molecule has 104 valence electrons. The van der Waals surface area contributed by atoms with Gasteiger partial charge >= 0.3 is 0 Å². The van der Waals surface area contributed by atoms with E-state index in [1.54, 1.807) is 0 Å². The minimum absolute atomic E-state index is 0.0696. The van der Waals surface area contributed by atoms with Crippen molar-refractivity contribution in [1.82, 2.24) is 10.2 Å². The fourth-order valence-electron chi connectivity index (χ4n) is 2.81. The highest BCUT2D eigenvalue weighted by molar-refractivity contribution is 5.86. The second-order valence-electron chi connectivity index (χ2n) is 5.63. The van der Waals surface area contributed by atoms with E-state index in [9.17, 15) is 4.79 Å². The third-order valence-electron chi connectivity index (χ3n) is 4.20. The number of nitrogens with two attached hydrogens (primary N) is 1. The van der Waals surface area contributed by atoms with Gasteiger partial charge < -0.3 is 20.7 Å². The van der Waals surface area contributed by atoms with Crippen LogP contribution < -0.4 is 11.1 Å². The lowest BCUT2D eigenvalue weighted by molar-refractivity contribution is -0.126. The summed E-state index contributed by atoms with van der Waals surface area (Å²) in [6, 6.07) is 0.698. The van der Waals surface area contributed by atoms with Gasteiger partial charge in [0.1, 0.15) is 5.54 Å². The molecule has 2 aliphatic rings. The van der Waals surface area contributed by atoms with E-state index >= 15 is 0 Å². The van der Waals surface area contributed by atoms with Gasteiger partial charge in [-0.1, -0.05) is 12.8 Å². The molecular formula is C13H25N3O2. The molecule has 0 spiro atoms. The van der Waals surface area contributed by atoms with Gasteiger partial charge in [-0.2, -0.15) is 0 Å². The fourth-order valence-corrected chi connectivity index (χ4v) is 2.81. The van der Waals surface area contributed by atoms with Gasteiger partial charge in [-0.3, -0.25) is 4.79 Å². The molecule has 2 rings (SSSR count). The number of ether oxygens (including phenoxy) is 1. The summed E-state index contributed by atoms with van der Waals surface area (Å²) in [6.07, 6.45) is 5.88. The smallest absolute Gasteiger partial charge is 0.242 e. The minimum atomic E-state index is -0.800. The Bertz CT molecular complexity index is 284. The van der Waals surface area contributed by atoms with Crippen LogP contribution in [-0.4, -0.2) is 55.7 Å². The molecule has 1 unspecified atom stereocenters. The molecule has 0 aromatic carbocycles. The fraction of sp³-hybridized carbons (Fsp3) is 0.923. The predicted octanol–water partition coefficient (Wildman–Crippen LogP) is 0.0948. The highest BCUT2D eigenvalue weighted by Crippen LogP contribution is 2.21. The van der Waals surface area contributed by atoms with Gasteiger partial charge in [0.15, 0.2) is 0 Å². The number of amides is 1. The molecule has 1 heterocycles. The summed E-state index contributed by atoms with van der Waals surface area (Å²) < 4.78 is 5.19. The Morgan fingerprint density at radius 1 is 1.50 bits per heavy atom. The predicted molar refractivity (Wildman–Crippen MR) is 70.3 cm³/mol. The number of carbonyl (C=O) groups is 1. The van der Waals surface area contributed by atoms with Crippen molar-refractivity contribution < 1.29 is 9.53 Å². The molecule has 1 aliphatic heterocycles. The van der Waals surface area contributed by atoms with E-state index in [2.05, 4.69) is 17.3 Å². The molecule has 1 aliphatic carbocycles. The van der Waals surface area contributed by atoms with E-state index in [0.29, 0.717) is 32.2 Å². The Labute approximate surface area is 109 Å². The van der Waals surface area contributed by atoms with Crippen LogP contribution >= 0.6 is 0 Å². The monoisotopic (exact) mass is 255 g/mol. The summed E-state index contributed by atoms with van der Waals surface area (Å²) in [5.74, 6) is -0.0696. The number of rotatable bonds is 5. The normalized spacial score (nSPS) is 29.1. The zero-order valence-corrected chi connectivity index (χ0v) is 11.3. The van der Waals surface area contributed by atoms with Crippen molar-refractivity contribution in [2.75, 3.05) is 33.4 Å². The second-order valence-corrected chi connectivity index (χ2v) is 5.63. The van der Waals surface area contributed by atoms with Gasteiger partial charge in [0.2, 0.25) is 5.91 Å². The lowest BCUT2D eigenvalue weighted by atomic mass is 9.99. The number of likely N-dealkylation sites (N-methyl/N-ethyl adjacent to an activating group) is 1. The van der Waals surface area contributed by atoms with Crippen molar-refractivity contribution in [3.05, 3.63) is 0 Å². The molecule has 5 nitrogen and oxygen atoms in total. The van der Waals surface area contributed by atoms with Crippen LogP contribution in [0, 0.1) is 0 Å². The standard InChI is InChI=1S/C13H25N3O2/c1-16(11-4-2-3-5-11)8-7-15-12(17)13(14)6-9-18-10-13/h11H,2-10,14H2,1H3,(H,15,17). The highest BCUT2D eigenvalue weighted by Gasteiger charge is 2.37. The first kappa shape index (κ1) is 13.8. The van der Waals surface area contributed by atoms with Gasteiger partial charge in [-0.25, -0.2) is 0 Å².